The summed E-state index contributed by atoms with van der Waals surface area (Å²) in [5.74, 6) is 7.35. The summed E-state index contributed by atoms with van der Waals surface area (Å²) in [5.41, 5.74) is 2.18. The Morgan fingerprint density at radius 2 is 1.97 bits per heavy atom. The predicted octanol–water partition coefficient (Wildman–Crippen LogP) is 4.71. The molecule has 0 amide bonds. The van der Waals surface area contributed by atoms with E-state index >= 15 is 0 Å². The van der Waals surface area contributed by atoms with Crippen LogP contribution in [0.1, 0.15) is 40.5 Å². The summed E-state index contributed by atoms with van der Waals surface area (Å²) < 4.78 is 9.27. The standard InChI is InChI=1S/C25H30N6O2S/c1-6-8-15-31-20-21(27-23(31)30(14-7-2)16-13-17(3)4)28-24(29(5)22(20)32)34-25-26-18-11-9-10-12-19(18)33-25/h9-12,17H,7,13-16H2,1-5H3. The Morgan fingerprint density at radius 1 is 1.18 bits per heavy atom. The van der Waals surface area contributed by atoms with Crippen LogP contribution in [0.15, 0.2) is 43.9 Å². The second kappa shape index (κ2) is 10.3. The lowest BCUT2D eigenvalue weighted by Crippen LogP contribution is -2.30. The van der Waals surface area contributed by atoms with Crippen LogP contribution in [0, 0.1) is 17.8 Å². The molecule has 0 atom stereocenters. The van der Waals surface area contributed by atoms with Gasteiger partial charge in [-0.1, -0.05) is 38.8 Å². The molecule has 34 heavy (non-hydrogen) atoms. The maximum absolute atomic E-state index is 13.5. The van der Waals surface area contributed by atoms with Crippen LogP contribution in [0.3, 0.4) is 0 Å². The lowest BCUT2D eigenvalue weighted by Gasteiger charge is -2.24. The number of aromatic nitrogens is 5. The Labute approximate surface area is 203 Å². The molecule has 0 aliphatic carbocycles. The van der Waals surface area contributed by atoms with Crippen LogP contribution in [0.2, 0.25) is 0 Å². The van der Waals surface area contributed by atoms with E-state index in [1.54, 1.807) is 14.0 Å². The molecule has 0 saturated heterocycles. The molecule has 0 fully saturated rings. The summed E-state index contributed by atoms with van der Waals surface area (Å²) in [6.07, 6.45) is 2.01. The zero-order chi connectivity index (χ0) is 24.2. The van der Waals surface area contributed by atoms with Crippen molar-refractivity contribution >= 4 is 40.0 Å². The van der Waals surface area contributed by atoms with Crippen molar-refractivity contribution in [3.8, 4) is 11.8 Å². The molecule has 0 aliphatic rings. The first kappa shape index (κ1) is 23.9. The third-order valence-electron chi connectivity index (χ3n) is 5.54. The summed E-state index contributed by atoms with van der Waals surface area (Å²) in [6, 6.07) is 7.57. The monoisotopic (exact) mass is 478 g/mol. The minimum atomic E-state index is -0.166. The molecule has 178 valence electrons. The van der Waals surface area contributed by atoms with E-state index in [4.69, 9.17) is 14.4 Å². The smallest absolute Gasteiger partial charge is 0.280 e. The number of oxazole rings is 1. The van der Waals surface area contributed by atoms with E-state index in [0.717, 1.165) is 37.4 Å². The van der Waals surface area contributed by atoms with Crippen LogP contribution in [0.25, 0.3) is 22.3 Å². The van der Waals surface area contributed by atoms with Crippen LogP contribution in [0.5, 0.6) is 0 Å². The quantitative estimate of drug-likeness (QED) is 0.255. The van der Waals surface area contributed by atoms with Crippen molar-refractivity contribution in [2.24, 2.45) is 13.0 Å². The van der Waals surface area contributed by atoms with Crippen LogP contribution in [0.4, 0.5) is 5.95 Å². The molecule has 3 aromatic heterocycles. The van der Waals surface area contributed by atoms with Gasteiger partial charge in [0.1, 0.15) is 5.52 Å². The molecule has 3 heterocycles. The van der Waals surface area contributed by atoms with Crippen LogP contribution in [-0.4, -0.2) is 37.2 Å². The average molecular weight is 479 g/mol. The summed E-state index contributed by atoms with van der Waals surface area (Å²) in [5, 5.41) is 0.912. The van der Waals surface area contributed by atoms with E-state index in [2.05, 4.69) is 42.5 Å². The van der Waals surface area contributed by atoms with Crippen molar-refractivity contribution in [3.05, 3.63) is 34.6 Å². The normalized spacial score (nSPS) is 11.4. The summed E-state index contributed by atoms with van der Waals surface area (Å²) in [4.78, 5) is 29.8. The van der Waals surface area contributed by atoms with Gasteiger partial charge < -0.3 is 9.32 Å². The molecule has 4 rings (SSSR count). The number of para-hydroxylation sites is 2. The second-order valence-electron chi connectivity index (χ2n) is 8.57. The number of rotatable bonds is 9. The lowest BCUT2D eigenvalue weighted by molar-refractivity contribution is 0.487. The van der Waals surface area contributed by atoms with E-state index in [0.29, 0.717) is 39.6 Å². The minimum absolute atomic E-state index is 0.166. The van der Waals surface area contributed by atoms with E-state index in [-0.39, 0.29) is 5.56 Å². The van der Waals surface area contributed by atoms with Crippen molar-refractivity contribution in [2.45, 2.75) is 57.5 Å². The lowest BCUT2D eigenvalue weighted by atomic mass is 10.1. The third-order valence-corrected chi connectivity index (χ3v) is 6.44. The zero-order valence-corrected chi connectivity index (χ0v) is 21.1. The molecule has 0 aliphatic heterocycles. The van der Waals surface area contributed by atoms with E-state index in [1.165, 1.54) is 16.3 Å². The van der Waals surface area contributed by atoms with Crippen LogP contribution < -0.4 is 10.5 Å². The Kier molecular flexibility index (Phi) is 7.27. The first-order valence-corrected chi connectivity index (χ1v) is 12.4. The van der Waals surface area contributed by atoms with Crippen molar-refractivity contribution in [1.29, 1.82) is 0 Å². The van der Waals surface area contributed by atoms with Crippen molar-refractivity contribution in [1.82, 2.24) is 24.1 Å². The van der Waals surface area contributed by atoms with Gasteiger partial charge in [-0.25, -0.2) is 9.97 Å². The number of hydrogen-bond acceptors (Lipinski definition) is 7. The van der Waals surface area contributed by atoms with Gasteiger partial charge in [-0.2, -0.15) is 4.98 Å². The Bertz CT molecular complexity index is 1390. The highest BCUT2D eigenvalue weighted by Gasteiger charge is 2.23. The third kappa shape index (κ3) is 4.82. The highest BCUT2D eigenvalue weighted by Crippen LogP contribution is 2.29. The molecule has 0 bridgehead atoms. The molecule has 1 aromatic carbocycles. The highest BCUT2D eigenvalue weighted by molar-refractivity contribution is 7.99. The van der Waals surface area contributed by atoms with Crippen LogP contribution in [-0.2, 0) is 13.6 Å². The van der Waals surface area contributed by atoms with Gasteiger partial charge in [0.25, 0.3) is 10.8 Å². The van der Waals surface area contributed by atoms with Gasteiger partial charge in [-0.3, -0.25) is 13.9 Å². The largest absolute Gasteiger partial charge is 0.431 e. The van der Waals surface area contributed by atoms with Crippen molar-refractivity contribution in [3.63, 3.8) is 0 Å². The van der Waals surface area contributed by atoms with Gasteiger partial charge in [0, 0.05) is 31.9 Å². The number of imidazole rings is 1. The van der Waals surface area contributed by atoms with Gasteiger partial charge in [-0.05, 0) is 37.8 Å². The fourth-order valence-electron chi connectivity index (χ4n) is 3.74. The van der Waals surface area contributed by atoms with Gasteiger partial charge >= 0.3 is 0 Å². The van der Waals surface area contributed by atoms with Gasteiger partial charge in [0.2, 0.25) is 5.95 Å². The maximum atomic E-state index is 13.5. The number of fused-ring (bicyclic) bond motifs is 2. The summed E-state index contributed by atoms with van der Waals surface area (Å²) >= 11 is 1.22. The van der Waals surface area contributed by atoms with E-state index in [9.17, 15) is 4.79 Å². The van der Waals surface area contributed by atoms with Gasteiger partial charge in [-0.15, -0.1) is 5.92 Å². The Morgan fingerprint density at radius 3 is 2.68 bits per heavy atom. The number of anilines is 1. The first-order valence-electron chi connectivity index (χ1n) is 11.6. The molecule has 4 aromatic rings. The zero-order valence-electron chi connectivity index (χ0n) is 20.3. The minimum Gasteiger partial charge on any atom is -0.431 e. The number of nitrogens with zero attached hydrogens (tertiary/aromatic N) is 6. The first-order chi connectivity index (χ1) is 16.4. The van der Waals surface area contributed by atoms with Gasteiger partial charge in [0.15, 0.2) is 21.9 Å². The molecule has 0 N–H and O–H groups in total. The molecule has 0 radical (unpaired) electrons. The van der Waals surface area contributed by atoms with E-state index < -0.39 is 0 Å². The second-order valence-corrected chi connectivity index (χ2v) is 9.49. The number of benzene rings is 1. The number of hydrogen-bond donors (Lipinski definition) is 0. The van der Waals surface area contributed by atoms with E-state index in [1.807, 2.05) is 28.8 Å². The topological polar surface area (TPSA) is 82.0 Å². The van der Waals surface area contributed by atoms with Gasteiger partial charge in [0.05, 0.1) is 6.54 Å². The average Bonchev–Trinajstić information content (AvgIpc) is 3.39. The SMILES string of the molecule is CC#CCn1c(N(CCC)CCC(C)C)nc2nc(Sc3nc4ccccc4o3)n(C)c(=O)c21. The molecule has 9 heteroatoms. The molecule has 8 nitrogen and oxygen atoms in total. The molecular formula is C25H30N6O2S. The van der Waals surface area contributed by atoms with Crippen molar-refractivity contribution in [2.75, 3.05) is 18.0 Å². The Hall–Kier alpha value is -3.25. The van der Waals surface area contributed by atoms with Crippen molar-refractivity contribution < 1.29 is 4.42 Å². The fourth-order valence-corrected chi connectivity index (χ4v) is 4.52. The summed E-state index contributed by atoms with van der Waals surface area (Å²) in [6.45, 7) is 10.5. The Balaban J connectivity index is 1.81. The molecule has 0 saturated carbocycles. The van der Waals surface area contributed by atoms with Crippen LogP contribution >= 0.6 is 11.8 Å². The summed E-state index contributed by atoms with van der Waals surface area (Å²) in [7, 11) is 1.71. The highest BCUT2D eigenvalue weighted by atomic mass is 32.2. The predicted molar refractivity (Wildman–Crippen MR) is 136 cm³/mol. The molecule has 0 spiro atoms. The fraction of sp³-hybridized carbons (Fsp3) is 0.440. The molecular weight excluding hydrogens is 448 g/mol. The molecule has 0 unspecified atom stereocenters. The maximum Gasteiger partial charge on any atom is 0.280 e.